The SMILES string of the molecule is COc1ccccc1N=c1scc(-c2cc(Cl)ccc2Cl)n1CCCn1ccnc1. The quantitative estimate of drug-likeness (QED) is 0.338. The molecular weight excluding hydrogens is 439 g/mol. The molecule has 5 nitrogen and oxygen atoms in total. The van der Waals surface area contributed by atoms with E-state index in [4.69, 9.17) is 32.9 Å². The van der Waals surface area contributed by atoms with Crippen molar-refractivity contribution in [2.24, 2.45) is 4.99 Å². The number of halogens is 2. The Hall–Kier alpha value is -2.54. The minimum absolute atomic E-state index is 0.647. The van der Waals surface area contributed by atoms with Gasteiger partial charge in [-0.1, -0.05) is 35.3 Å². The first-order valence-corrected chi connectivity index (χ1v) is 11.1. The zero-order valence-electron chi connectivity index (χ0n) is 16.3. The van der Waals surface area contributed by atoms with E-state index in [2.05, 4.69) is 19.5 Å². The van der Waals surface area contributed by atoms with Gasteiger partial charge in [-0.3, -0.25) is 0 Å². The van der Waals surface area contributed by atoms with E-state index >= 15 is 0 Å². The third-order valence-corrected chi connectivity index (χ3v) is 6.09. The summed E-state index contributed by atoms with van der Waals surface area (Å²) < 4.78 is 9.72. The summed E-state index contributed by atoms with van der Waals surface area (Å²) in [5.41, 5.74) is 2.67. The van der Waals surface area contributed by atoms with Crippen LogP contribution in [0.5, 0.6) is 5.75 Å². The third-order valence-electron chi connectivity index (χ3n) is 4.66. The summed E-state index contributed by atoms with van der Waals surface area (Å²) in [6, 6.07) is 13.2. The number of aryl methyl sites for hydroxylation is 1. The van der Waals surface area contributed by atoms with Crippen LogP contribution in [0.4, 0.5) is 5.69 Å². The highest BCUT2D eigenvalue weighted by Gasteiger charge is 2.13. The van der Waals surface area contributed by atoms with Crippen molar-refractivity contribution in [3.8, 4) is 17.0 Å². The third kappa shape index (κ3) is 4.61. The number of ether oxygens (including phenoxy) is 1. The topological polar surface area (TPSA) is 44.3 Å². The largest absolute Gasteiger partial charge is 0.494 e. The summed E-state index contributed by atoms with van der Waals surface area (Å²) in [5.74, 6) is 0.734. The van der Waals surface area contributed by atoms with Gasteiger partial charge in [0, 0.05) is 41.4 Å². The van der Waals surface area contributed by atoms with Crippen LogP contribution in [0, 0.1) is 0 Å². The Morgan fingerprint density at radius 3 is 2.80 bits per heavy atom. The molecule has 2 heterocycles. The highest BCUT2D eigenvalue weighted by molar-refractivity contribution is 7.07. The Balaban J connectivity index is 1.77. The Kier molecular flexibility index (Phi) is 6.57. The maximum Gasteiger partial charge on any atom is 0.190 e. The van der Waals surface area contributed by atoms with E-state index in [1.54, 1.807) is 30.7 Å². The zero-order chi connectivity index (χ0) is 20.9. The molecule has 154 valence electrons. The molecule has 0 aliphatic carbocycles. The molecule has 0 unspecified atom stereocenters. The van der Waals surface area contributed by atoms with Gasteiger partial charge < -0.3 is 13.9 Å². The summed E-state index contributed by atoms with van der Waals surface area (Å²) in [6.07, 6.45) is 6.50. The van der Waals surface area contributed by atoms with E-state index in [-0.39, 0.29) is 0 Å². The fraction of sp³-hybridized carbons (Fsp3) is 0.182. The van der Waals surface area contributed by atoms with Crippen molar-refractivity contribution in [3.05, 3.63) is 81.4 Å². The van der Waals surface area contributed by atoms with Gasteiger partial charge >= 0.3 is 0 Å². The number of benzene rings is 2. The number of hydrogen-bond acceptors (Lipinski definition) is 4. The van der Waals surface area contributed by atoms with Crippen LogP contribution in [0.1, 0.15) is 6.42 Å². The molecule has 8 heteroatoms. The summed E-state index contributed by atoms with van der Waals surface area (Å²) in [6.45, 7) is 1.63. The lowest BCUT2D eigenvalue weighted by molar-refractivity contribution is 0.416. The molecule has 0 aliphatic rings. The lowest BCUT2D eigenvalue weighted by Crippen LogP contribution is -2.17. The van der Waals surface area contributed by atoms with E-state index in [0.29, 0.717) is 10.0 Å². The molecule has 0 aliphatic heterocycles. The molecule has 0 spiro atoms. The number of imidazole rings is 1. The average Bonchev–Trinajstić information content (AvgIpc) is 3.41. The molecule has 0 radical (unpaired) electrons. The van der Waals surface area contributed by atoms with Gasteiger partial charge in [-0.2, -0.15) is 0 Å². The number of thiazole rings is 1. The molecule has 0 bridgehead atoms. The van der Waals surface area contributed by atoms with Crippen molar-refractivity contribution >= 4 is 40.2 Å². The Bertz CT molecular complexity index is 1200. The predicted octanol–water partition coefficient (Wildman–Crippen LogP) is 6.05. The first-order chi connectivity index (χ1) is 14.7. The second-order valence-corrected chi connectivity index (χ2v) is 8.30. The van der Waals surface area contributed by atoms with Gasteiger partial charge in [0.15, 0.2) is 4.80 Å². The first-order valence-electron chi connectivity index (χ1n) is 9.43. The fourth-order valence-corrected chi connectivity index (χ4v) is 4.53. The summed E-state index contributed by atoms with van der Waals surface area (Å²) >= 11 is 14.3. The molecule has 0 fully saturated rings. The van der Waals surface area contributed by atoms with Crippen LogP contribution in [0.2, 0.25) is 10.0 Å². The zero-order valence-corrected chi connectivity index (χ0v) is 18.7. The van der Waals surface area contributed by atoms with Crippen LogP contribution in [0.3, 0.4) is 0 Å². The highest BCUT2D eigenvalue weighted by Crippen LogP contribution is 2.32. The molecule has 4 aromatic rings. The number of para-hydroxylation sites is 2. The molecule has 4 rings (SSSR count). The molecule has 30 heavy (non-hydrogen) atoms. The normalized spacial score (nSPS) is 11.8. The molecule has 2 aromatic heterocycles. The van der Waals surface area contributed by atoms with Crippen molar-refractivity contribution in [1.82, 2.24) is 14.1 Å². The van der Waals surface area contributed by atoms with Crippen LogP contribution >= 0.6 is 34.5 Å². The van der Waals surface area contributed by atoms with Crippen LogP contribution < -0.4 is 9.54 Å². The lowest BCUT2D eigenvalue weighted by atomic mass is 10.1. The number of hydrogen-bond donors (Lipinski definition) is 0. The van der Waals surface area contributed by atoms with Crippen LogP contribution in [-0.4, -0.2) is 21.2 Å². The maximum atomic E-state index is 6.50. The van der Waals surface area contributed by atoms with Crippen LogP contribution in [-0.2, 0) is 13.1 Å². The van der Waals surface area contributed by atoms with Crippen LogP contribution in [0.25, 0.3) is 11.3 Å². The number of rotatable bonds is 7. The summed E-state index contributed by atoms with van der Waals surface area (Å²) in [4.78, 5) is 9.87. The monoisotopic (exact) mass is 458 g/mol. The van der Waals surface area contributed by atoms with E-state index < -0.39 is 0 Å². The van der Waals surface area contributed by atoms with Crippen LogP contribution in [0.15, 0.2) is 71.6 Å². The smallest absolute Gasteiger partial charge is 0.190 e. The fourth-order valence-electron chi connectivity index (χ4n) is 3.20. The number of aromatic nitrogens is 3. The molecule has 0 amide bonds. The van der Waals surface area contributed by atoms with Gasteiger partial charge in [0.2, 0.25) is 0 Å². The highest BCUT2D eigenvalue weighted by atomic mass is 35.5. The van der Waals surface area contributed by atoms with E-state index in [9.17, 15) is 0 Å². The van der Waals surface area contributed by atoms with E-state index in [0.717, 1.165) is 47.0 Å². The number of nitrogens with zero attached hydrogens (tertiary/aromatic N) is 4. The molecular formula is C22H20Cl2N4OS. The minimum Gasteiger partial charge on any atom is -0.494 e. The molecule has 0 N–H and O–H groups in total. The van der Waals surface area contributed by atoms with Crippen molar-refractivity contribution in [3.63, 3.8) is 0 Å². The summed E-state index contributed by atoms with van der Waals surface area (Å²) in [5, 5.41) is 3.38. The van der Waals surface area contributed by atoms with Gasteiger partial charge in [0.25, 0.3) is 0 Å². The second kappa shape index (κ2) is 9.51. The van der Waals surface area contributed by atoms with Crippen molar-refractivity contribution in [2.45, 2.75) is 19.5 Å². The molecule has 2 aromatic carbocycles. The summed E-state index contributed by atoms with van der Waals surface area (Å²) in [7, 11) is 1.65. The van der Waals surface area contributed by atoms with Crippen molar-refractivity contribution in [1.29, 1.82) is 0 Å². The number of methoxy groups -OCH3 is 1. The average molecular weight is 459 g/mol. The van der Waals surface area contributed by atoms with Gasteiger partial charge in [0.1, 0.15) is 11.4 Å². The van der Waals surface area contributed by atoms with Gasteiger partial charge in [-0.05, 0) is 36.8 Å². The lowest BCUT2D eigenvalue weighted by Gasteiger charge is -2.11. The van der Waals surface area contributed by atoms with Gasteiger partial charge in [-0.15, -0.1) is 11.3 Å². The second-order valence-electron chi connectivity index (χ2n) is 6.62. The first kappa shape index (κ1) is 20.7. The Morgan fingerprint density at radius 2 is 2.00 bits per heavy atom. The molecule has 0 saturated heterocycles. The predicted molar refractivity (Wildman–Crippen MR) is 123 cm³/mol. The standard InChI is InChI=1S/C22H20Cl2N4OS/c1-29-21-6-3-2-5-19(21)26-22-28(11-4-10-27-12-9-25-15-27)20(14-30-22)17-13-16(23)7-8-18(17)24/h2-3,5-9,12-15H,4,10-11H2,1H3. The Labute approximate surface area is 188 Å². The minimum atomic E-state index is 0.647. The van der Waals surface area contributed by atoms with Gasteiger partial charge in [-0.25, -0.2) is 9.98 Å². The van der Waals surface area contributed by atoms with Crippen molar-refractivity contribution < 1.29 is 4.74 Å². The van der Waals surface area contributed by atoms with E-state index in [1.807, 2.05) is 48.9 Å². The maximum absolute atomic E-state index is 6.50. The van der Waals surface area contributed by atoms with Gasteiger partial charge in [0.05, 0.1) is 24.2 Å². The Morgan fingerprint density at radius 1 is 1.13 bits per heavy atom. The van der Waals surface area contributed by atoms with E-state index in [1.165, 1.54) is 0 Å². The molecule has 0 saturated carbocycles. The van der Waals surface area contributed by atoms with Crippen molar-refractivity contribution in [2.75, 3.05) is 7.11 Å². The molecule has 0 atom stereocenters.